The zero-order valence-electron chi connectivity index (χ0n) is 10.7. The standard InChI is InChI=1S/C16H16N2/c1-12-17-15-11-7-6-10-14(15)16(18(12)2)13-8-4-3-5-9-13/h3-11,16H,1-2H3. The lowest BCUT2D eigenvalue weighted by Gasteiger charge is -2.34. The minimum atomic E-state index is 0.264. The third-order valence-corrected chi connectivity index (χ3v) is 3.53. The van der Waals surface area contributed by atoms with Crippen LogP contribution in [0, 0.1) is 0 Å². The molecule has 90 valence electrons. The second-order valence-electron chi connectivity index (χ2n) is 4.64. The van der Waals surface area contributed by atoms with Gasteiger partial charge in [0.15, 0.2) is 0 Å². The molecule has 1 atom stereocenters. The summed E-state index contributed by atoms with van der Waals surface area (Å²) in [6.07, 6.45) is 0. The fraction of sp³-hybridized carbons (Fsp3) is 0.188. The van der Waals surface area contributed by atoms with Gasteiger partial charge in [-0.05, 0) is 18.6 Å². The van der Waals surface area contributed by atoms with Crippen molar-refractivity contribution in [2.24, 2.45) is 4.99 Å². The van der Waals surface area contributed by atoms with Crippen LogP contribution in [0.25, 0.3) is 0 Å². The van der Waals surface area contributed by atoms with Gasteiger partial charge in [-0.2, -0.15) is 0 Å². The van der Waals surface area contributed by atoms with E-state index in [0.29, 0.717) is 0 Å². The molecular formula is C16H16N2. The number of benzene rings is 2. The van der Waals surface area contributed by atoms with Crippen molar-refractivity contribution in [1.82, 2.24) is 4.90 Å². The third kappa shape index (κ3) is 1.70. The van der Waals surface area contributed by atoms with E-state index in [2.05, 4.69) is 72.4 Å². The maximum atomic E-state index is 4.65. The molecule has 0 saturated carbocycles. The summed E-state index contributed by atoms with van der Waals surface area (Å²) >= 11 is 0. The highest BCUT2D eigenvalue weighted by molar-refractivity contribution is 5.86. The molecule has 2 aromatic rings. The molecule has 1 aliphatic heterocycles. The molecule has 0 bridgehead atoms. The zero-order chi connectivity index (χ0) is 12.5. The second-order valence-corrected chi connectivity index (χ2v) is 4.64. The third-order valence-electron chi connectivity index (χ3n) is 3.53. The number of rotatable bonds is 1. The van der Waals surface area contributed by atoms with Crippen molar-refractivity contribution in [3.63, 3.8) is 0 Å². The van der Waals surface area contributed by atoms with Gasteiger partial charge in [-0.15, -0.1) is 0 Å². The molecule has 0 radical (unpaired) electrons. The zero-order valence-corrected chi connectivity index (χ0v) is 10.7. The van der Waals surface area contributed by atoms with Gasteiger partial charge in [0.05, 0.1) is 11.7 Å². The van der Waals surface area contributed by atoms with Crippen LogP contribution in [0.3, 0.4) is 0 Å². The number of aliphatic imine (C=N–C) groups is 1. The van der Waals surface area contributed by atoms with Crippen molar-refractivity contribution >= 4 is 11.5 Å². The molecule has 0 fully saturated rings. The molecule has 0 saturated heterocycles. The molecule has 0 amide bonds. The predicted molar refractivity (Wildman–Crippen MR) is 75.3 cm³/mol. The maximum absolute atomic E-state index is 4.65. The van der Waals surface area contributed by atoms with Crippen molar-refractivity contribution in [3.05, 3.63) is 65.7 Å². The summed E-state index contributed by atoms with van der Waals surface area (Å²) in [4.78, 5) is 6.88. The van der Waals surface area contributed by atoms with Gasteiger partial charge in [-0.3, -0.25) is 0 Å². The Morgan fingerprint density at radius 1 is 0.944 bits per heavy atom. The van der Waals surface area contributed by atoms with Crippen LogP contribution in [-0.4, -0.2) is 17.8 Å². The van der Waals surface area contributed by atoms with E-state index in [-0.39, 0.29) is 6.04 Å². The van der Waals surface area contributed by atoms with Crippen LogP contribution in [-0.2, 0) is 0 Å². The average Bonchev–Trinajstić information content (AvgIpc) is 2.41. The van der Waals surface area contributed by atoms with Gasteiger partial charge in [-0.1, -0.05) is 48.5 Å². The van der Waals surface area contributed by atoms with Gasteiger partial charge >= 0.3 is 0 Å². The minimum absolute atomic E-state index is 0.264. The van der Waals surface area contributed by atoms with Crippen molar-refractivity contribution in [3.8, 4) is 0 Å². The largest absolute Gasteiger partial charge is 0.352 e. The van der Waals surface area contributed by atoms with E-state index >= 15 is 0 Å². The summed E-state index contributed by atoms with van der Waals surface area (Å²) < 4.78 is 0. The molecule has 2 aromatic carbocycles. The summed E-state index contributed by atoms with van der Waals surface area (Å²) in [5.74, 6) is 1.06. The Labute approximate surface area is 108 Å². The Bertz CT molecular complexity index is 587. The molecular weight excluding hydrogens is 220 g/mol. The summed E-state index contributed by atoms with van der Waals surface area (Å²) in [7, 11) is 2.10. The van der Waals surface area contributed by atoms with Gasteiger partial charge in [0.2, 0.25) is 0 Å². The molecule has 1 heterocycles. The van der Waals surface area contributed by atoms with Crippen LogP contribution < -0.4 is 0 Å². The average molecular weight is 236 g/mol. The Kier molecular flexibility index (Phi) is 2.63. The van der Waals surface area contributed by atoms with Crippen molar-refractivity contribution < 1.29 is 0 Å². The smallest absolute Gasteiger partial charge is 0.102 e. The SMILES string of the molecule is CC1=Nc2ccccc2C(c2ccccc2)N1C. The molecule has 1 aliphatic rings. The summed E-state index contributed by atoms with van der Waals surface area (Å²) in [6, 6.07) is 19.2. The van der Waals surface area contributed by atoms with Crippen LogP contribution in [0.15, 0.2) is 59.6 Å². The molecule has 0 aliphatic carbocycles. The van der Waals surface area contributed by atoms with Gasteiger partial charge in [-0.25, -0.2) is 4.99 Å². The number of nitrogens with zero attached hydrogens (tertiary/aromatic N) is 2. The molecule has 2 heteroatoms. The van der Waals surface area contributed by atoms with Crippen LogP contribution in [0.1, 0.15) is 24.1 Å². The highest BCUT2D eigenvalue weighted by Gasteiger charge is 2.26. The minimum Gasteiger partial charge on any atom is -0.352 e. The molecule has 1 unspecified atom stereocenters. The topological polar surface area (TPSA) is 15.6 Å². The predicted octanol–water partition coefficient (Wildman–Crippen LogP) is 3.77. The Morgan fingerprint density at radius 2 is 1.61 bits per heavy atom. The van der Waals surface area contributed by atoms with Crippen molar-refractivity contribution in [2.45, 2.75) is 13.0 Å². The molecule has 0 aromatic heterocycles. The fourth-order valence-corrected chi connectivity index (χ4v) is 2.51. The quantitative estimate of drug-likeness (QED) is 0.736. The molecule has 0 N–H and O–H groups in total. The maximum Gasteiger partial charge on any atom is 0.102 e. The highest BCUT2D eigenvalue weighted by Crippen LogP contribution is 2.37. The summed E-state index contributed by atoms with van der Waals surface area (Å²) in [6.45, 7) is 2.06. The van der Waals surface area contributed by atoms with E-state index in [4.69, 9.17) is 0 Å². The first-order chi connectivity index (χ1) is 8.77. The molecule has 18 heavy (non-hydrogen) atoms. The van der Waals surface area contributed by atoms with E-state index in [1.807, 2.05) is 6.07 Å². The molecule has 2 nitrogen and oxygen atoms in total. The van der Waals surface area contributed by atoms with Gasteiger partial charge in [0.25, 0.3) is 0 Å². The van der Waals surface area contributed by atoms with E-state index < -0.39 is 0 Å². The second kappa shape index (κ2) is 4.30. The van der Waals surface area contributed by atoms with E-state index in [1.165, 1.54) is 11.1 Å². The Hall–Kier alpha value is -2.09. The number of fused-ring (bicyclic) bond motifs is 1. The number of hydrogen-bond donors (Lipinski definition) is 0. The van der Waals surface area contributed by atoms with Crippen molar-refractivity contribution in [1.29, 1.82) is 0 Å². The summed E-state index contributed by atoms with van der Waals surface area (Å²) in [5, 5.41) is 0. The first-order valence-electron chi connectivity index (χ1n) is 6.19. The fourth-order valence-electron chi connectivity index (χ4n) is 2.51. The number of hydrogen-bond acceptors (Lipinski definition) is 2. The van der Waals surface area contributed by atoms with Crippen molar-refractivity contribution in [2.75, 3.05) is 7.05 Å². The molecule has 0 spiro atoms. The van der Waals surface area contributed by atoms with Gasteiger partial charge in [0, 0.05) is 12.6 Å². The lowest BCUT2D eigenvalue weighted by Crippen LogP contribution is -2.32. The lowest BCUT2D eigenvalue weighted by molar-refractivity contribution is 0.418. The first-order valence-corrected chi connectivity index (χ1v) is 6.19. The van der Waals surface area contributed by atoms with Crippen LogP contribution in [0.4, 0.5) is 5.69 Å². The van der Waals surface area contributed by atoms with Crippen LogP contribution in [0.2, 0.25) is 0 Å². The van der Waals surface area contributed by atoms with Gasteiger partial charge < -0.3 is 4.90 Å². The van der Waals surface area contributed by atoms with Crippen LogP contribution >= 0.6 is 0 Å². The normalized spacial score (nSPS) is 18.2. The van der Waals surface area contributed by atoms with Gasteiger partial charge in [0.1, 0.15) is 5.84 Å². The number of amidine groups is 1. The number of para-hydroxylation sites is 1. The highest BCUT2D eigenvalue weighted by atomic mass is 15.2. The van der Waals surface area contributed by atoms with Crippen LogP contribution in [0.5, 0.6) is 0 Å². The first kappa shape index (κ1) is 11.0. The lowest BCUT2D eigenvalue weighted by atomic mass is 9.94. The monoisotopic (exact) mass is 236 g/mol. The van der Waals surface area contributed by atoms with E-state index in [0.717, 1.165) is 11.5 Å². The van der Waals surface area contributed by atoms with E-state index in [1.54, 1.807) is 0 Å². The summed E-state index contributed by atoms with van der Waals surface area (Å²) in [5.41, 5.74) is 3.67. The molecule has 3 rings (SSSR count). The van der Waals surface area contributed by atoms with E-state index in [9.17, 15) is 0 Å². The Balaban J connectivity index is 2.17. The Morgan fingerprint density at radius 3 is 2.39 bits per heavy atom.